The van der Waals surface area contributed by atoms with Gasteiger partial charge in [0, 0.05) is 45.0 Å². The monoisotopic (exact) mass is 261 g/mol. The van der Waals surface area contributed by atoms with Crippen LogP contribution in [0.25, 0.3) is 10.9 Å². The Labute approximate surface area is 114 Å². The van der Waals surface area contributed by atoms with Crippen molar-refractivity contribution in [3.05, 3.63) is 36.0 Å². The van der Waals surface area contributed by atoms with E-state index in [1.165, 1.54) is 16.5 Å². The quantitative estimate of drug-likeness (QED) is 0.712. The lowest BCUT2D eigenvalue weighted by molar-refractivity contribution is 0.197. The van der Waals surface area contributed by atoms with Gasteiger partial charge in [-0.1, -0.05) is 12.1 Å². The van der Waals surface area contributed by atoms with Gasteiger partial charge in [-0.15, -0.1) is 0 Å². The summed E-state index contributed by atoms with van der Waals surface area (Å²) in [5.41, 5.74) is 2.55. The van der Waals surface area contributed by atoms with Crippen LogP contribution in [0.4, 0.5) is 0 Å². The molecule has 4 nitrogen and oxygen atoms in total. The number of hydrogen-bond acceptors (Lipinski definition) is 3. The number of aromatic amines is 1. The molecule has 1 aromatic heterocycles. The van der Waals surface area contributed by atoms with E-state index in [-0.39, 0.29) is 0 Å². The Morgan fingerprint density at radius 2 is 2.16 bits per heavy atom. The van der Waals surface area contributed by atoms with Crippen LogP contribution >= 0.6 is 0 Å². The number of nitrogens with one attached hydrogen (secondary N) is 2. The molecule has 1 heterocycles. The molecular formula is C15H23N3O. The molecule has 2 rings (SSSR count). The Morgan fingerprint density at radius 1 is 1.26 bits per heavy atom. The van der Waals surface area contributed by atoms with Crippen LogP contribution in [0.2, 0.25) is 0 Å². The third-order valence-corrected chi connectivity index (χ3v) is 3.23. The first-order valence-electron chi connectivity index (χ1n) is 6.74. The van der Waals surface area contributed by atoms with Crippen molar-refractivity contribution < 1.29 is 4.74 Å². The normalized spacial score (nSPS) is 11.5. The van der Waals surface area contributed by atoms with E-state index in [0.717, 1.165) is 32.8 Å². The molecule has 0 saturated carbocycles. The predicted molar refractivity (Wildman–Crippen MR) is 79.4 cm³/mol. The summed E-state index contributed by atoms with van der Waals surface area (Å²) in [6.45, 7) is 4.68. The average molecular weight is 261 g/mol. The topological polar surface area (TPSA) is 40.3 Å². The summed E-state index contributed by atoms with van der Waals surface area (Å²) in [5.74, 6) is 0. The Kier molecular flexibility index (Phi) is 5.39. The molecule has 0 unspecified atom stereocenters. The van der Waals surface area contributed by atoms with Gasteiger partial charge in [0.15, 0.2) is 0 Å². The lowest BCUT2D eigenvalue weighted by atomic mass is 10.1. The molecule has 104 valence electrons. The van der Waals surface area contributed by atoms with E-state index in [1.54, 1.807) is 7.11 Å². The van der Waals surface area contributed by atoms with E-state index < -0.39 is 0 Å². The van der Waals surface area contributed by atoms with Crippen molar-refractivity contribution in [1.82, 2.24) is 15.2 Å². The molecule has 0 radical (unpaired) electrons. The lowest BCUT2D eigenvalue weighted by Crippen LogP contribution is -2.30. The molecule has 4 heteroatoms. The summed E-state index contributed by atoms with van der Waals surface area (Å²) in [7, 11) is 3.88. The number of rotatable bonds is 8. The van der Waals surface area contributed by atoms with Gasteiger partial charge in [-0.05, 0) is 30.1 Å². The summed E-state index contributed by atoms with van der Waals surface area (Å²) < 4.78 is 5.00. The molecule has 0 aliphatic carbocycles. The van der Waals surface area contributed by atoms with Gasteiger partial charge in [0.1, 0.15) is 0 Å². The van der Waals surface area contributed by atoms with Crippen LogP contribution < -0.4 is 5.32 Å². The van der Waals surface area contributed by atoms with E-state index in [2.05, 4.69) is 46.5 Å². The van der Waals surface area contributed by atoms with E-state index in [1.807, 2.05) is 6.20 Å². The summed E-state index contributed by atoms with van der Waals surface area (Å²) in [6, 6.07) is 8.70. The van der Waals surface area contributed by atoms with Gasteiger partial charge in [0.05, 0.1) is 6.61 Å². The number of methoxy groups -OCH3 is 1. The number of ether oxygens (including phenoxy) is 1. The number of H-pyrrole nitrogens is 1. The molecule has 0 spiro atoms. The largest absolute Gasteiger partial charge is 0.383 e. The highest BCUT2D eigenvalue weighted by molar-refractivity contribution is 5.79. The van der Waals surface area contributed by atoms with Crippen LogP contribution in [-0.2, 0) is 11.3 Å². The van der Waals surface area contributed by atoms with Gasteiger partial charge < -0.3 is 19.9 Å². The van der Waals surface area contributed by atoms with E-state index in [0.29, 0.717) is 0 Å². The summed E-state index contributed by atoms with van der Waals surface area (Å²) in [6.07, 6.45) is 1.98. The molecule has 0 aliphatic heterocycles. The molecular weight excluding hydrogens is 238 g/mol. The highest BCUT2D eigenvalue weighted by Crippen LogP contribution is 2.14. The fourth-order valence-corrected chi connectivity index (χ4v) is 2.15. The summed E-state index contributed by atoms with van der Waals surface area (Å²) >= 11 is 0. The van der Waals surface area contributed by atoms with Gasteiger partial charge in [-0.2, -0.15) is 0 Å². The Bertz CT molecular complexity index is 495. The predicted octanol–water partition coefficient (Wildman–Crippen LogP) is 1.84. The second kappa shape index (κ2) is 7.28. The number of fused-ring (bicyclic) bond motifs is 1. The molecule has 19 heavy (non-hydrogen) atoms. The summed E-state index contributed by atoms with van der Waals surface area (Å²) in [5, 5.41) is 4.63. The minimum absolute atomic E-state index is 0.771. The van der Waals surface area contributed by atoms with Gasteiger partial charge in [-0.25, -0.2) is 0 Å². The molecule has 0 fully saturated rings. The molecule has 2 aromatic rings. The van der Waals surface area contributed by atoms with Crippen molar-refractivity contribution in [3.63, 3.8) is 0 Å². The maximum absolute atomic E-state index is 5.00. The molecule has 0 aliphatic rings. The minimum atomic E-state index is 0.771. The Balaban J connectivity index is 1.76. The average Bonchev–Trinajstić information content (AvgIpc) is 2.86. The molecule has 1 aromatic carbocycles. The Morgan fingerprint density at radius 3 is 3.00 bits per heavy atom. The van der Waals surface area contributed by atoms with Crippen LogP contribution in [0, 0.1) is 0 Å². The number of hydrogen-bond donors (Lipinski definition) is 2. The first kappa shape index (κ1) is 14.1. The number of likely N-dealkylation sites (N-methyl/N-ethyl adjacent to an activating group) is 1. The Hall–Kier alpha value is -1.36. The highest BCUT2D eigenvalue weighted by Gasteiger charge is 2.02. The highest BCUT2D eigenvalue weighted by atomic mass is 16.5. The van der Waals surface area contributed by atoms with Crippen molar-refractivity contribution >= 4 is 10.9 Å². The standard InChI is InChI=1S/C15H23N3O/c1-18(9-7-16-8-10-19-2)12-13-3-4-14-5-6-17-15(14)11-13/h3-6,11,16-17H,7-10,12H2,1-2H3. The third kappa shape index (κ3) is 4.35. The van der Waals surface area contributed by atoms with Gasteiger partial charge >= 0.3 is 0 Å². The number of benzene rings is 1. The van der Waals surface area contributed by atoms with Crippen LogP contribution in [0.15, 0.2) is 30.5 Å². The fourth-order valence-electron chi connectivity index (χ4n) is 2.15. The molecule has 2 N–H and O–H groups in total. The van der Waals surface area contributed by atoms with Crippen molar-refractivity contribution in [2.75, 3.05) is 40.4 Å². The molecule has 0 amide bonds. The second-order valence-corrected chi connectivity index (χ2v) is 4.88. The smallest absolute Gasteiger partial charge is 0.0587 e. The summed E-state index contributed by atoms with van der Waals surface area (Å²) in [4.78, 5) is 5.58. The minimum Gasteiger partial charge on any atom is -0.383 e. The first-order chi connectivity index (χ1) is 9.29. The SMILES string of the molecule is COCCNCCN(C)Cc1ccc2cc[nH]c2c1. The van der Waals surface area contributed by atoms with Crippen molar-refractivity contribution in [3.8, 4) is 0 Å². The van der Waals surface area contributed by atoms with Crippen LogP contribution in [-0.4, -0.2) is 50.3 Å². The zero-order chi connectivity index (χ0) is 13.5. The third-order valence-electron chi connectivity index (χ3n) is 3.23. The number of nitrogens with zero attached hydrogens (tertiary/aromatic N) is 1. The van der Waals surface area contributed by atoms with E-state index >= 15 is 0 Å². The first-order valence-corrected chi connectivity index (χ1v) is 6.74. The second-order valence-electron chi connectivity index (χ2n) is 4.88. The van der Waals surface area contributed by atoms with Crippen LogP contribution in [0.3, 0.4) is 0 Å². The van der Waals surface area contributed by atoms with Gasteiger partial charge in [0.2, 0.25) is 0 Å². The van der Waals surface area contributed by atoms with Crippen molar-refractivity contribution in [2.24, 2.45) is 0 Å². The lowest BCUT2D eigenvalue weighted by Gasteiger charge is -2.17. The number of aromatic nitrogens is 1. The molecule has 0 bridgehead atoms. The van der Waals surface area contributed by atoms with E-state index in [9.17, 15) is 0 Å². The molecule has 0 saturated heterocycles. The zero-order valence-electron chi connectivity index (χ0n) is 11.8. The molecule has 0 atom stereocenters. The zero-order valence-corrected chi connectivity index (χ0v) is 11.8. The maximum atomic E-state index is 5.00. The van der Waals surface area contributed by atoms with Crippen molar-refractivity contribution in [2.45, 2.75) is 6.54 Å². The van der Waals surface area contributed by atoms with Crippen LogP contribution in [0.1, 0.15) is 5.56 Å². The maximum Gasteiger partial charge on any atom is 0.0587 e. The van der Waals surface area contributed by atoms with E-state index in [4.69, 9.17) is 4.74 Å². The van der Waals surface area contributed by atoms with Crippen molar-refractivity contribution in [1.29, 1.82) is 0 Å². The van der Waals surface area contributed by atoms with Crippen LogP contribution in [0.5, 0.6) is 0 Å². The van der Waals surface area contributed by atoms with Gasteiger partial charge in [-0.3, -0.25) is 0 Å². The van der Waals surface area contributed by atoms with Gasteiger partial charge in [0.25, 0.3) is 0 Å². The fraction of sp³-hybridized carbons (Fsp3) is 0.467.